The fourth-order valence-electron chi connectivity index (χ4n) is 1.62. The molecule has 0 unspecified atom stereocenters. The fraction of sp³-hybridized carbons (Fsp3) is 0.200. The highest BCUT2D eigenvalue weighted by Gasteiger charge is 1.98. The first-order valence-corrected chi connectivity index (χ1v) is 5.75. The Labute approximate surface area is 102 Å². The van der Waals surface area contributed by atoms with Gasteiger partial charge < -0.3 is 0 Å². The third-order valence-electron chi connectivity index (χ3n) is 2.66. The Hall–Kier alpha value is -1.80. The van der Waals surface area contributed by atoms with Crippen molar-refractivity contribution in [2.75, 3.05) is 5.48 Å². The molecule has 2 nitrogen and oxygen atoms in total. The minimum absolute atomic E-state index is 0.564. The van der Waals surface area contributed by atoms with E-state index >= 15 is 0 Å². The van der Waals surface area contributed by atoms with Crippen molar-refractivity contribution in [2.45, 2.75) is 20.5 Å². The summed E-state index contributed by atoms with van der Waals surface area (Å²) in [6.45, 7) is 4.70. The Balaban J connectivity index is 1.92. The van der Waals surface area contributed by atoms with Gasteiger partial charge in [-0.1, -0.05) is 42.5 Å². The highest BCUT2D eigenvalue weighted by molar-refractivity contribution is 5.50. The summed E-state index contributed by atoms with van der Waals surface area (Å²) >= 11 is 0. The average molecular weight is 227 g/mol. The van der Waals surface area contributed by atoms with Crippen LogP contribution in [0.15, 0.2) is 48.5 Å². The van der Waals surface area contributed by atoms with E-state index in [1.165, 1.54) is 11.1 Å². The lowest BCUT2D eigenvalue weighted by Gasteiger charge is -2.10. The third-order valence-corrected chi connectivity index (χ3v) is 2.66. The Morgan fingerprint density at radius 1 is 1.00 bits per heavy atom. The van der Waals surface area contributed by atoms with Crippen LogP contribution in [0.25, 0.3) is 0 Å². The van der Waals surface area contributed by atoms with Crippen LogP contribution < -0.4 is 5.48 Å². The molecule has 0 aromatic heterocycles. The van der Waals surface area contributed by atoms with Crippen LogP contribution in [-0.4, -0.2) is 0 Å². The van der Waals surface area contributed by atoms with Gasteiger partial charge in [0.25, 0.3) is 0 Å². The predicted molar refractivity (Wildman–Crippen MR) is 70.8 cm³/mol. The van der Waals surface area contributed by atoms with Gasteiger partial charge in [-0.2, -0.15) is 0 Å². The molecule has 17 heavy (non-hydrogen) atoms. The molecule has 0 aliphatic carbocycles. The zero-order valence-electron chi connectivity index (χ0n) is 10.2. The second kappa shape index (κ2) is 5.51. The minimum atomic E-state index is 0.564. The normalized spacial score (nSPS) is 10.2. The van der Waals surface area contributed by atoms with E-state index in [0.717, 1.165) is 11.3 Å². The summed E-state index contributed by atoms with van der Waals surface area (Å²) in [5.41, 5.74) is 7.60. The van der Waals surface area contributed by atoms with Crippen LogP contribution in [0.5, 0.6) is 0 Å². The van der Waals surface area contributed by atoms with E-state index in [-0.39, 0.29) is 0 Å². The molecule has 0 spiro atoms. The second-order valence-corrected chi connectivity index (χ2v) is 4.19. The van der Waals surface area contributed by atoms with Crippen molar-refractivity contribution in [1.82, 2.24) is 0 Å². The number of hydrogen-bond acceptors (Lipinski definition) is 2. The number of hydrogen-bond donors (Lipinski definition) is 1. The quantitative estimate of drug-likeness (QED) is 0.801. The number of rotatable bonds is 4. The van der Waals surface area contributed by atoms with E-state index in [1.807, 2.05) is 30.3 Å². The van der Waals surface area contributed by atoms with Crippen LogP contribution >= 0.6 is 0 Å². The molecule has 0 aliphatic rings. The van der Waals surface area contributed by atoms with E-state index in [1.54, 1.807) is 0 Å². The Kier molecular flexibility index (Phi) is 3.78. The minimum Gasteiger partial charge on any atom is -0.271 e. The van der Waals surface area contributed by atoms with E-state index in [0.29, 0.717) is 6.61 Å². The zero-order valence-corrected chi connectivity index (χ0v) is 10.2. The van der Waals surface area contributed by atoms with Crippen molar-refractivity contribution < 1.29 is 4.84 Å². The van der Waals surface area contributed by atoms with E-state index in [2.05, 4.69) is 37.5 Å². The number of anilines is 1. The number of aryl methyl sites for hydroxylation is 2. The van der Waals surface area contributed by atoms with Gasteiger partial charge in [0.2, 0.25) is 0 Å². The van der Waals surface area contributed by atoms with Crippen LogP contribution in [0.1, 0.15) is 16.7 Å². The summed E-state index contributed by atoms with van der Waals surface area (Å²) in [7, 11) is 0. The summed E-state index contributed by atoms with van der Waals surface area (Å²) in [4.78, 5) is 5.49. The van der Waals surface area contributed by atoms with Crippen LogP contribution in [0.3, 0.4) is 0 Å². The van der Waals surface area contributed by atoms with Gasteiger partial charge in [0.05, 0.1) is 12.3 Å². The molecule has 2 heteroatoms. The van der Waals surface area contributed by atoms with Crippen LogP contribution in [0.2, 0.25) is 0 Å². The zero-order chi connectivity index (χ0) is 12.1. The standard InChI is InChI=1S/C15H17NO/c1-12-8-9-13(2)15(10-12)16-17-11-14-6-4-3-5-7-14/h3-10,16H,11H2,1-2H3. The lowest BCUT2D eigenvalue weighted by atomic mass is 10.1. The van der Waals surface area contributed by atoms with Crippen molar-refractivity contribution in [3.63, 3.8) is 0 Å². The van der Waals surface area contributed by atoms with Crippen molar-refractivity contribution >= 4 is 5.69 Å². The van der Waals surface area contributed by atoms with Crippen LogP contribution in [0, 0.1) is 13.8 Å². The van der Waals surface area contributed by atoms with E-state index in [9.17, 15) is 0 Å². The fourth-order valence-corrected chi connectivity index (χ4v) is 1.62. The monoisotopic (exact) mass is 227 g/mol. The Morgan fingerprint density at radius 2 is 1.76 bits per heavy atom. The second-order valence-electron chi connectivity index (χ2n) is 4.19. The molecule has 0 heterocycles. The number of nitrogens with one attached hydrogen (secondary N) is 1. The van der Waals surface area contributed by atoms with E-state index in [4.69, 9.17) is 4.84 Å². The maximum Gasteiger partial charge on any atom is 0.0996 e. The number of benzene rings is 2. The summed E-state index contributed by atoms with van der Waals surface area (Å²) < 4.78 is 0. The van der Waals surface area contributed by atoms with Crippen LogP contribution in [-0.2, 0) is 11.4 Å². The molecule has 0 amide bonds. The molecule has 0 saturated heterocycles. The molecule has 2 aromatic rings. The molecule has 0 bridgehead atoms. The smallest absolute Gasteiger partial charge is 0.0996 e. The SMILES string of the molecule is Cc1ccc(C)c(NOCc2ccccc2)c1. The average Bonchev–Trinajstić information content (AvgIpc) is 2.35. The molecule has 0 atom stereocenters. The van der Waals surface area contributed by atoms with Crippen molar-refractivity contribution in [1.29, 1.82) is 0 Å². The van der Waals surface area contributed by atoms with Crippen molar-refractivity contribution in [2.24, 2.45) is 0 Å². The van der Waals surface area contributed by atoms with Crippen molar-refractivity contribution in [3.8, 4) is 0 Å². The summed E-state index contributed by atoms with van der Waals surface area (Å²) in [6, 6.07) is 16.4. The van der Waals surface area contributed by atoms with Gasteiger partial charge >= 0.3 is 0 Å². The van der Waals surface area contributed by atoms with Crippen molar-refractivity contribution in [3.05, 3.63) is 65.2 Å². The summed E-state index contributed by atoms with van der Waals surface area (Å²) in [5, 5.41) is 0. The molecule has 0 saturated carbocycles. The summed E-state index contributed by atoms with van der Waals surface area (Å²) in [6.07, 6.45) is 0. The van der Waals surface area contributed by atoms with Gasteiger partial charge in [-0.05, 0) is 36.6 Å². The lowest BCUT2D eigenvalue weighted by molar-refractivity contribution is 0.180. The first kappa shape index (κ1) is 11.7. The molecule has 2 rings (SSSR count). The highest BCUT2D eigenvalue weighted by atomic mass is 16.6. The molecule has 0 aliphatic heterocycles. The highest BCUT2D eigenvalue weighted by Crippen LogP contribution is 2.16. The molecular formula is C15H17NO. The Morgan fingerprint density at radius 3 is 2.53 bits per heavy atom. The van der Waals surface area contributed by atoms with Gasteiger partial charge in [-0.25, -0.2) is 0 Å². The van der Waals surface area contributed by atoms with Gasteiger partial charge in [-0.15, -0.1) is 0 Å². The predicted octanol–water partition coefficient (Wildman–Crippen LogP) is 3.85. The van der Waals surface area contributed by atoms with Gasteiger partial charge in [0, 0.05) is 0 Å². The first-order valence-electron chi connectivity index (χ1n) is 5.75. The molecule has 2 aromatic carbocycles. The third kappa shape index (κ3) is 3.33. The van der Waals surface area contributed by atoms with E-state index < -0.39 is 0 Å². The van der Waals surface area contributed by atoms with Gasteiger partial charge in [-0.3, -0.25) is 10.3 Å². The summed E-state index contributed by atoms with van der Waals surface area (Å²) in [5.74, 6) is 0. The molecular weight excluding hydrogens is 210 g/mol. The largest absolute Gasteiger partial charge is 0.271 e. The molecule has 1 N–H and O–H groups in total. The molecule has 88 valence electrons. The maximum absolute atomic E-state index is 5.49. The van der Waals surface area contributed by atoms with Gasteiger partial charge in [0.1, 0.15) is 0 Å². The molecule has 0 fully saturated rings. The maximum atomic E-state index is 5.49. The topological polar surface area (TPSA) is 21.3 Å². The first-order chi connectivity index (χ1) is 8.25. The lowest BCUT2D eigenvalue weighted by Crippen LogP contribution is -2.03. The van der Waals surface area contributed by atoms with Crippen LogP contribution in [0.4, 0.5) is 5.69 Å². The van der Waals surface area contributed by atoms with Gasteiger partial charge in [0.15, 0.2) is 0 Å². The molecule has 0 radical (unpaired) electrons. The Bertz CT molecular complexity index is 480.